The van der Waals surface area contributed by atoms with Crippen molar-refractivity contribution in [2.45, 2.75) is 72.1 Å². The second-order valence-corrected chi connectivity index (χ2v) is 12.2. The number of amides is 2. The maximum atomic E-state index is 14.4. The monoisotopic (exact) mass is 577 g/mol. The van der Waals surface area contributed by atoms with Gasteiger partial charge in [0.2, 0.25) is 11.8 Å². The third-order valence-electron chi connectivity index (χ3n) is 8.87. The van der Waals surface area contributed by atoms with Gasteiger partial charge in [-0.15, -0.1) is 0 Å². The largest absolute Gasteiger partial charge is 0.378 e. The van der Waals surface area contributed by atoms with Crippen molar-refractivity contribution < 1.29 is 18.7 Å². The topological polar surface area (TPSA) is 70.9 Å². The maximum absolute atomic E-state index is 14.4. The van der Waals surface area contributed by atoms with E-state index in [1.165, 1.54) is 6.07 Å². The predicted molar refractivity (Wildman–Crippen MR) is 163 cm³/mol. The standard InChI is InChI=1S/C25H25FN4O3.C8H19N/c26-20-6-1-2-7-23(20)30-22-9-3-8-21(18(22)12-27-30)29-14-16-13-28(15-19(16)25(29)32)24(31)11-17-5-4-10-33-17;1-6-9(7(2)3)8(4)5/h1-3,6-9,12,16-17,19H,4-5,10-11,13-15H2;7-8H,6H2,1-5H3/t16-,17?,19+;/m1./s1. The summed E-state index contributed by atoms with van der Waals surface area (Å²) >= 11 is 0. The Kier molecular flexibility index (Phi) is 9.28. The first-order valence-corrected chi connectivity index (χ1v) is 15.4. The van der Waals surface area contributed by atoms with Gasteiger partial charge >= 0.3 is 0 Å². The lowest BCUT2D eigenvalue weighted by atomic mass is 10.0. The molecule has 8 nitrogen and oxygen atoms in total. The molecule has 0 N–H and O–H groups in total. The molecule has 3 aromatic rings. The molecule has 42 heavy (non-hydrogen) atoms. The molecule has 9 heteroatoms. The molecule has 2 amide bonds. The van der Waals surface area contributed by atoms with Gasteiger partial charge in [0.1, 0.15) is 11.5 Å². The van der Waals surface area contributed by atoms with E-state index >= 15 is 0 Å². The van der Waals surface area contributed by atoms with Crippen LogP contribution in [0.3, 0.4) is 0 Å². The first-order valence-electron chi connectivity index (χ1n) is 15.4. The summed E-state index contributed by atoms with van der Waals surface area (Å²) in [6.07, 6.45) is 4.06. The zero-order chi connectivity index (χ0) is 30.0. The van der Waals surface area contributed by atoms with Gasteiger partial charge in [-0.05, 0) is 71.3 Å². The number of halogens is 1. The molecule has 1 unspecified atom stereocenters. The van der Waals surface area contributed by atoms with Crippen molar-refractivity contribution in [1.82, 2.24) is 19.6 Å². The molecule has 0 spiro atoms. The van der Waals surface area contributed by atoms with E-state index in [2.05, 4.69) is 44.6 Å². The van der Waals surface area contributed by atoms with Crippen LogP contribution in [-0.2, 0) is 14.3 Å². The average molecular weight is 578 g/mol. The van der Waals surface area contributed by atoms with E-state index in [0.717, 1.165) is 42.6 Å². The van der Waals surface area contributed by atoms with Crippen LogP contribution in [0.25, 0.3) is 16.6 Å². The zero-order valence-electron chi connectivity index (χ0n) is 25.5. The van der Waals surface area contributed by atoms with E-state index in [1.807, 2.05) is 28.0 Å². The van der Waals surface area contributed by atoms with Crippen molar-refractivity contribution in [1.29, 1.82) is 0 Å². The van der Waals surface area contributed by atoms with Gasteiger partial charge in [-0.25, -0.2) is 9.07 Å². The molecule has 3 saturated heterocycles. The molecule has 3 aliphatic heterocycles. The first-order chi connectivity index (χ1) is 20.2. The molecule has 3 fully saturated rings. The van der Waals surface area contributed by atoms with E-state index in [1.54, 1.807) is 29.1 Å². The summed E-state index contributed by atoms with van der Waals surface area (Å²) < 4.78 is 21.5. The molecule has 6 rings (SSSR count). The van der Waals surface area contributed by atoms with Gasteiger partial charge in [0.05, 0.1) is 35.8 Å². The van der Waals surface area contributed by atoms with Crippen LogP contribution in [0.4, 0.5) is 10.1 Å². The normalized spacial score (nSPS) is 22.0. The van der Waals surface area contributed by atoms with Crippen molar-refractivity contribution in [2.75, 3.05) is 37.7 Å². The van der Waals surface area contributed by atoms with Crippen LogP contribution in [0.5, 0.6) is 0 Å². The number of para-hydroxylation sites is 1. The second kappa shape index (κ2) is 12.9. The number of carbonyl (C=O) groups excluding carboxylic acids is 2. The van der Waals surface area contributed by atoms with Gasteiger partial charge in [-0.3, -0.25) is 14.5 Å². The molecule has 3 atom stereocenters. The summed E-state index contributed by atoms with van der Waals surface area (Å²) in [7, 11) is 0. The van der Waals surface area contributed by atoms with Crippen LogP contribution in [0.1, 0.15) is 53.9 Å². The Morgan fingerprint density at radius 1 is 1.05 bits per heavy atom. The Morgan fingerprint density at radius 3 is 2.40 bits per heavy atom. The smallest absolute Gasteiger partial charge is 0.232 e. The Hall–Kier alpha value is -3.30. The number of aromatic nitrogens is 2. The lowest BCUT2D eigenvalue weighted by molar-refractivity contribution is -0.132. The highest BCUT2D eigenvalue weighted by atomic mass is 19.1. The average Bonchev–Trinajstić information content (AvgIpc) is 3.75. The highest BCUT2D eigenvalue weighted by molar-refractivity contribution is 6.05. The van der Waals surface area contributed by atoms with Crippen LogP contribution in [0, 0.1) is 17.7 Å². The van der Waals surface area contributed by atoms with E-state index in [0.29, 0.717) is 43.8 Å². The molecule has 226 valence electrons. The molecule has 4 heterocycles. The van der Waals surface area contributed by atoms with Crippen LogP contribution in [0.15, 0.2) is 48.7 Å². The van der Waals surface area contributed by atoms with Gasteiger partial charge in [0, 0.05) is 49.6 Å². The lowest BCUT2D eigenvalue weighted by Gasteiger charge is -2.28. The maximum Gasteiger partial charge on any atom is 0.232 e. The van der Waals surface area contributed by atoms with Crippen LogP contribution in [-0.4, -0.2) is 82.4 Å². The minimum absolute atomic E-state index is 0.0220. The summed E-state index contributed by atoms with van der Waals surface area (Å²) in [6, 6.07) is 13.5. The van der Waals surface area contributed by atoms with Gasteiger partial charge in [-0.1, -0.05) is 25.1 Å². The molecule has 0 bridgehead atoms. The van der Waals surface area contributed by atoms with Crippen molar-refractivity contribution in [3.8, 4) is 5.69 Å². The third-order valence-corrected chi connectivity index (χ3v) is 8.87. The Balaban J connectivity index is 0.000000342. The van der Waals surface area contributed by atoms with Crippen molar-refractivity contribution in [2.24, 2.45) is 11.8 Å². The van der Waals surface area contributed by atoms with Crippen molar-refractivity contribution in [3.63, 3.8) is 0 Å². The van der Waals surface area contributed by atoms with E-state index in [4.69, 9.17) is 4.74 Å². The summed E-state index contributed by atoms with van der Waals surface area (Å²) in [5, 5.41) is 5.22. The van der Waals surface area contributed by atoms with Crippen molar-refractivity contribution in [3.05, 3.63) is 54.5 Å². The van der Waals surface area contributed by atoms with Gasteiger partial charge in [-0.2, -0.15) is 5.10 Å². The van der Waals surface area contributed by atoms with E-state index in [-0.39, 0.29) is 35.6 Å². The summed E-state index contributed by atoms with van der Waals surface area (Å²) in [4.78, 5) is 32.2. The molecule has 3 aliphatic rings. The summed E-state index contributed by atoms with van der Waals surface area (Å²) in [5.41, 5.74) is 1.90. The number of rotatable bonds is 7. The predicted octanol–water partition coefficient (Wildman–Crippen LogP) is 5.28. The number of carbonyl (C=O) groups is 2. The molecule has 2 aromatic carbocycles. The Bertz CT molecular complexity index is 1390. The fourth-order valence-electron chi connectivity index (χ4n) is 6.82. The van der Waals surface area contributed by atoms with Crippen LogP contribution in [0.2, 0.25) is 0 Å². The second-order valence-electron chi connectivity index (χ2n) is 12.2. The minimum atomic E-state index is -0.354. The fourth-order valence-corrected chi connectivity index (χ4v) is 6.82. The summed E-state index contributed by atoms with van der Waals surface area (Å²) in [6.45, 7) is 14.7. The quantitative estimate of drug-likeness (QED) is 0.382. The number of hydrogen-bond donors (Lipinski definition) is 0. The molecule has 0 saturated carbocycles. The van der Waals surface area contributed by atoms with Crippen LogP contribution >= 0.6 is 0 Å². The fraction of sp³-hybridized carbons (Fsp3) is 0.545. The first kappa shape index (κ1) is 30.2. The van der Waals surface area contributed by atoms with Crippen molar-refractivity contribution >= 4 is 28.4 Å². The molecule has 1 aromatic heterocycles. The SMILES string of the molecule is CCN(C(C)C)C(C)C.O=C(CC1CCCO1)N1C[C@@H]2CN(c3cccc4c3cnn4-c3ccccc3F)C(=O)[C@H]2C1. The lowest BCUT2D eigenvalue weighted by Crippen LogP contribution is -2.36. The highest BCUT2D eigenvalue weighted by Gasteiger charge is 2.48. The number of fused-ring (bicyclic) bond motifs is 2. The third kappa shape index (κ3) is 6.08. The molecule has 0 aliphatic carbocycles. The van der Waals surface area contributed by atoms with Crippen LogP contribution < -0.4 is 4.90 Å². The number of ether oxygens (including phenoxy) is 1. The van der Waals surface area contributed by atoms with E-state index < -0.39 is 0 Å². The Morgan fingerprint density at radius 2 is 1.79 bits per heavy atom. The minimum Gasteiger partial charge on any atom is -0.378 e. The molecular weight excluding hydrogens is 533 g/mol. The number of nitrogens with zero attached hydrogens (tertiary/aromatic N) is 5. The highest BCUT2D eigenvalue weighted by Crippen LogP contribution is 2.38. The zero-order valence-corrected chi connectivity index (χ0v) is 25.5. The van der Waals surface area contributed by atoms with Gasteiger partial charge < -0.3 is 14.5 Å². The number of hydrogen-bond acceptors (Lipinski definition) is 5. The van der Waals surface area contributed by atoms with Gasteiger partial charge in [0.15, 0.2) is 0 Å². The number of likely N-dealkylation sites (tertiary alicyclic amines) is 1. The number of benzene rings is 2. The molecule has 0 radical (unpaired) electrons. The number of anilines is 1. The van der Waals surface area contributed by atoms with Gasteiger partial charge in [0.25, 0.3) is 0 Å². The summed E-state index contributed by atoms with van der Waals surface area (Å²) in [5.74, 6) is -0.298. The Labute approximate surface area is 248 Å². The molecular formula is C33H44FN5O3. The van der Waals surface area contributed by atoms with E-state index in [9.17, 15) is 14.0 Å².